The highest BCUT2D eigenvalue weighted by Gasteiger charge is 2.34. The predicted octanol–water partition coefficient (Wildman–Crippen LogP) is 3.39. The average molecular weight is 459 g/mol. The summed E-state index contributed by atoms with van der Waals surface area (Å²) >= 11 is 6.02. The number of hydrogen-bond acceptors (Lipinski definition) is 4. The highest BCUT2D eigenvalue weighted by Crippen LogP contribution is 2.31. The van der Waals surface area contributed by atoms with Crippen LogP contribution in [-0.2, 0) is 11.3 Å². The van der Waals surface area contributed by atoms with Crippen LogP contribution in [0.15, 0.2) is 24.3 Å². The molecule has 8 nitrogen and oxygen atoms in total. The van der Waals surface area contributed by atoms with Crippen molar-refractivity contribution >= 4 is 23.5 Å². The summed E-state index contributed by atoms with van der Waals surface area (Å²) in [4.78, 5) is 28.3. The van der Waals surface area contributed by atoms with Crippen molar-refractivity contribution < 1.29 is 9.59 Å². The summed E-state index contributed by atoms with van der Waals surface area (Å²) < 4.78 is 2.09. The van der Waals surface area contributed by atoms with Gasteiger partial charge in [-0.2, -0.15) is 0 Å². The fourth-order valence-corrected chi connectivity index (χ4v) is 4.80. The van der Waals surface area contributed by atoms with Gasteiger partial charge < -0.3 is 19.7 Å². The number of amides is 3. The van der Waals surface area contributed by atoms with Crippen LogP contribution in [0, 0.1) is 12.8 Å². The molecule has 1 N–H and O–H groups in total. The molecule has 2 saturated heterocycles. The van der Waals surface area contributed by atoms with E-state index in [0.717, 1.165) is 56.0 Å². The van der Waals surface area contributed by atoms with Gasteiger partial charge in [-0.1, -0.05) is 23.7 Å². The van der Waals surface area contributed by atoms with E-state index in [1.165, 1.54) is 0 Å². The van der Waals surface area contributed by atoms with E-state index in [4.69, 9.17) is 11.6 Å². The van der Waals surface area contributed by atoms with Crippen LogP contribution in [-0.4, -0.2) is 62.7 Å². The van der Waals surface area contributed by atoms with E-state index in [0.29, 0.717) is 30.6 Å². The monoisotopic (exact) mass is 458 g/mol. The number of aromatic nitrogens is 3. The molecule has 9 heteroatoms. The lowest BCUT2D eigenvalue weighted by molar-refractivity contribution is -0.130. The number of aryl methyl sites for hydroxylation is 1. The zero-order valence-electron chi connectivity index (χ0n) is 18.8. The van der Waals surface area contributed by atoms with Gasteiger partial charge in [0.1, 0.15) is 5.82 Å². The molecule has 0 unspecified atom stereocenters. The molecule has 32 heavy (non-hydrogen) atoms. The van der Waals surface area contributed by atoms with Gasteiger partial charge in [0.15, 0.2) is 5.82 Å². The first-order valence-corrected chi connectivity index (χ1v) is 11.7. The van der Waals surface area contributed by atoms with E-state index in [2.05, 4.69) is 20.1 Å². The van der Waals surface area contributed by atoms with Crippen molar-refractivity contribution in [3.63, 3.8) is 0 Å². The minimum Gasteiger partial charge on any atom is -0.343 e. The Kier molecular flexibility index (Phi) is 6.98. The van der Waals surface area contributed by atoms with Gasteiger partial charge in [0.05, 0.1) is 12.6 Å². The molecule has 0 bridgehead atoms. The maximum absolute atomic E-state index is 13.0. The van der Waals surface area contributed by atoms with Gasteiger partial charge in [-0.15, -0.1) is 10.2 Å². The molecule has 0 spiro atoms. The molecule has 2 aliphatic heterocycles. The summed E-state index contributed by atoms with van der Waals surface area (Å²) in [5.41, 5.74) is 1.12. The Bertz CT molecular complexity index is 952. The lowest BCUT2D eigenvalue weighted by Crippen LogP contribution is -2.44. The third kappa shape index (κ3) is 5.06. The lowest BCUT2D eigenvalue weighted by Gasteiger charge is -2.32. The van der Waals surface area contributed by atoms with Crippen LogP contribution in [0.5, 0.6) is 0 Å². The first-order chi connectivity index (χ1) is 15.4. The predicted molar refractivity (Wildman–Crippen MR) is 122 cm³/mol. The first-order valence-electron chi connectivity index (χ1n) is 11.4. The number of benzene rings is 1. The van der Waals surface area contributed by atoms with Crippen LogP contribution in [0.1, 0.15) is 55.9 Å². The van der Waals surface area contributed by atoms with Crippen molar-refractivity contribution in [3.05, 3.63) is 46.5 Å². The number of carbonyl (C=O) groups excluding carboxylic acids is 2. The Morgan fingerprint density at radius 1 is 1.09 bits per heavy atom. The fraction of sp³-hybridized carbons (Fsp3) is 0.565. The molecule has 0 saturated carbocycles. The van der Waals surface area contributed by atoms with Gasteiger partial charge in [0.2, 0.25) is 5.91 Å². The molecular weight excluding hydrogens is 428 g/mol. The molecule has 1 aromatic carbocycles. The van der Waals surface area contributed by atoms with Gasteiger partial charge in [0, 0.05) is 38.1 Å². The van der Waals surface area contributed by atoms with Gasteiger partial charge >= 0.3 is 6.03 Å². The molecule has 172 valence electrons. The number of carbonyl (C=O) groups is 2. The molecule has 3 amide bonds. The van der Waals surface area contributed by atoms with Crippen LogP contribution in [0.2, 0.25) is 5.02 Å². The first kappa shape index (κ1) is 22.6. The largest absolute Gasteiger partial charge is 0.343 e. The number of likely N-dealkylation sites (tertiary alicyclic amines) is 2. The molecule has 1 aromatic heterocycles. The van der Waals surface area contributed by atoms with E-state index >= 15 is 0 Å². The summed E-state index contributed by atoms with van der Waals surface area (Å²) in [6, 6.07) is 7.64. The van der Waals surface area contributed by atoms with Crippen molar-refractivity contribution in [2.45, 2.75) is 52.1 Å². The lowest BCUT2D eigenvalue weighted by atomic mass is 9.97. The van der Waals surface area contributed by atoms with E-state index < -0.39 is 0 Å². The van der Waals surface area contributed by atoms with Crippen molar-refractivity contribution in [1.29, 1.82) is 0 Å². The highest BCUT2D eigenvalue weighted by atomic mass is 35.5. The topological polar surface area (TPSA) is 83.4 Å². The fourth-order valence-electron chi connectivity index (χ4n) is 4.68. The zero-order chi connectivity index (χ0) is 22.7. The van der Waals surface area contributed by atoms with E-state index in [1.807, 2.05) is 41.0 Å². The molecule has 2 aliphatic rings. The number of halogens is 1. The van der Waals surface area contributed by atoms with E-state index in [1.54, 1.807) is 6.92 Å². The van der Waals surface area contributed by atoms with Crippen LogP contribution in [0.3, 0.4) is 0 Å². The molecule has 3 heterocycles. The summed E-state index contributed by atoms with van der Waals surface area (Å²) in [6.45, 7) is 7.11. The summed E-state index contributed by atoms with van der Waals surface area (Å²) in [6.07, 6.45) is 3.68. The van der Waals surface area contributed by atoms with E-state index in [-0.39, 0.29) is 18.0 Å². The minimum absolute atomic E-state index is 0.0415. The van der Waals surface area contributed by atoms with Crippen molar-refractivity contribution in [2.24, 2.45) is 5.92 Å². The Morgan fingerprint density at radius 3 is 2.50 bits per heavy atom. The van der Waals surface area contributed by atoms with Gasteiger partial charge in [-0.25, -0.2) is 4.79 Å². The second-order valence-electron chi connectivity index (χ2n) is 8.80. The molecule has 1 atom stereocenters. The quantitative estimate of drug-likeness (QED) is 0.744. The second kappa shape index (κ2) is 9.90. The highest BCUT2D eigenvalue weighted by molar-refractivity contribution is 6.30. The average Bonchev–Trinajstić information content (AvgIpc) is 3.41. The van der Waals surface area contributed by atoms with Crippen LogP contribution in [0.4, 0.5) is 4.79 Å². The van der Waals surface area contributed by atoms with Crippen molar-refractivity contribution in [3.8, 4) is 0 Å². The molecule has 4 rings (SSSR count). The van der Waals surface area contributed by atoms with Crippen molar-refractivity contribution in [2.75, 3.05) is 26.2 Å². The zero-order valence-corrected chi connectivity index (χ0v) is 19.5. The van der Waals surface area contributed by atoms with Crippen LogP contribution in [0.25, 0.3) is 0 Å². The maximum atomic E-state index is 13.0. The number of hydrogen-bond donors (Lipinski definition) is 1. The summed E-state index contributed by atoms with van der Waals surface area (Å²) in [5.74, 6) is 2.20. The second-order valence-corrected chi connectivity index (χ2v) is 9.24. The van der Waals surface area contributed by atoms with Gasteiger partial charge in [-0.3, -0.25) is 4.79 Å². The number of rotatable bonds is 5. The van der Waals surface area contributed by atoms with Crippen molar-refractivity contribution in [1.82, 2.24) is 29.9 Å². The van der Waals surface area contributed by atoms with Gasteiger partial charge in [0.25, 0.3) is 0 Å². The van der Waals surface area contributed by atoms with Crippen LogP contribution >= 0.6 is 11.6 Å². The SMILES string of the molecule is CC(=O)N1CCC(CNC(=O)N2CCC[C@@H]2c2nnc(C)n2Cc2ccc(Cl)cc2)CC1. The Hall–Kier alpha value is -2.61. The summed E-state index contributed by atoms with van der Waals surface area (Å²) in [5, 5.41) is 12.6. The van der Waals surface area contributed by atoms with Gasteiger partial charge in [-0.05, 0) is 56.2 Å². The molecule has 2 fully saturated rings. The normalized spacial score (nSPS) is 19.4. The number of urea groups is 1. The van der Waals surface area contributed by atoms with E-state index in [9.17, 15) is 9.59 Å². The molecule has 2 aromatic rings. The maximum Gasteiger partial charge on any atom is 0.318 e. The molecular formula is C23H31ClN6O2. The summed E-state index contributed by atoms with van der Waals surface area (Å²) in [7, 11) is 0. The molecule has 0 aliphatic carbocycles. The van der Waals surface area contributed by atoms with Crippen LogP contribution < -0.4 is 5.32 Å². The third-order valence-corrected chi connectivity index (χ3v) is 6.88. The number of nitrogens with zero attached hydrogens (tertiary/aromatic N) is 5. The Morgan fingerprint density at radius 2 is 1.81 bits per heavy atom. The Labute approximate surface area is 193 Å². The molecule has 0 radical (unpaired) electrons. The smallest absolute Gasteiger partial charge is 0.318 e. The Balaban J connectivity index is 1.39. The number of nitrogens with one attached hydrogen (secondary N) is 1. The minimum atomic E-state index is -0.0805. The standard InChI is InChI=1S/C23H31ClN6O2/c1-16-26-27-22(30(16)15-19-5-7-20(24)8-6-19)21-4-3-11-29(21)23(32)25-14-18-9-12-28(13-10-18)17(2)31/h5-8,18,21H,3-4,9-15H2,1-2H3,(H,25,32)/t21-/m1/s1. The third-order valence-electron chi connectivity index (χ3n) is 6.63. The number of piperidine rings is 1.